The summed E-state index contributed by atoms with van der Waals surface area (Å²) in [5.74, 6) is -0.594. The molecule has 0 spiro atoms. The Morgan fingerprint density at radius 2 is 0.623 bits per heavy atom. The van der Waals surface area contributed by atoms with Crippen LogP contribution in [-0.2, 0) is 19.1 Å². The largest absolute Gasteiger partial charge is 0.462 e. The smallest absolute Gasteiger partial charge is 0.306 e. The van der Waals surface area contributed by atoms with Crippen molar-refractivity contribution >= 4 is 11.9 Å². The molecule has 0 aliphatic heterocycles. The van der Waals surface area contributed by atoms with E-state index < -0.39 is 6.10 Å². The third-order valence-electron chi connectivity index (χ3n) is 12.6. The maximum atomic E-state index is 12.3. The Hall–Kier alpha value is -3.18. The summed E-state index contributed by atoms with van der Waals surface area (Å²) in [6, 6.07) is 0. The molecule has 396 valence electrons. The zero-order valence-electron chi connectivity index (χ0n) is 45.3. The molecular weight excluding hydrogens is 849 g/mol. The van der Waals surface area contributed by atoms with Gasteiger partial charge in [-0.1, -0.05) is 284 Å². The summed E-state index contributed by atoms with van der Waals surface area (Å²) >= 11 is 0. The van der Waals surface area contributed by atoms with Crippen LogP contribution in [0.1, 0.15) is 277 Å². The fourth-order valence-corrected chi connectivity index (χ4v) is 8.28. The van der Waals surface area contributed by atoms with Gasteiger partial charge in [-0.05, 0) is 77.0 Å². The van der Waals surface area contributed by atoms with E-state index >= 15 is 0 Å². The second-order valence-corrected chi connectivity index (χ2v) is 19.3. The van der Waals surface area contributed by atoms with E-state index in [-0.39, 0.29) is 25.2 Å². The number of ether oxygens (including phenoxy) is 2. The van der Waals surface area contributed by atoms with Gasteiger partial charge in [0.15, 0.2) is 6.10 Å². The second-order valence-electron chi connectivity index (χ2n) is 19.3. The topological polar surface area (TPSA) is 72.8 Å². The Labute approximate surface area is 428 Å². The molecule has 0 aromatic carbocycles. The molecule has 0 rings (SSSR count). The Kier molecular flexibility index (Phi) is 56.4. The number of allylic oxidation sites excluding steroid dienone is 16. The molecule has 0 amide bonds. The molecule has 0 saturated carbocycles. The van der Waals surface area contributed by atoms with Crippen molar-refractivity contribution in [3.8, 4) is 0 Å². The van der Waals surface area contributed by atoms with Gasteiger partial charge in [-0.25, -0.2) is 0 Å². The van der Waals surface area contributed by atoms with Crippen molar-refractivity contribution < 1.29 is 24.2 Å². The maximum absolute atomic E-state index is 12.3. The summed E-state index contributed by atoms with van der Waals surface area (Å²) < 4.78 is 10.7. The normalized spacial score (nSPS) is 12.9. The average molecular weight is 960 g/mol. The van der Waals surface area contributed by atoms with Gasteiger partial charge in [-0.2, -0.15) is 0 Å². The summed E-state index contributed by atoms with van der Waals surface area (Å²) in [6.45, 7) is 4.05. The first-order valence-corrected chi connectivity index (χ1v) is 29.3. The molecule has 0 aromatic heterocycles. The van der Waals surface area contributed by atoms with Crippen LogP contribution in [0.3, 0.4) is 0 Å². The minimum Gasteiger partial charge on any atom is -0.462 e. The van der Waals surface area contributed by atoms with Gasteiger partial charge in [0.1, 0.15) is 6.61 Å². The summed E-state index contributed by atoms with van der Waals surface area (Å²) in [4.78, 5) is 24.5. The molecule has 1 unspecified atom stereocenters. The summed E-state index contributed by atoms with van der Waals surface area (Å²) in [7, 11) is 0. The first-order chi connectivity index (χ1) is 34.1. The van der Waals surface area contributed by atoms with Crippen molar-refractivity contribution in [3.05, 3.63) is 97.2 Å². The van der Waals surface area contributed by atoms with Crippen LogP contribution in [0, 0.1) is 0 Å². The van der Waals surface area contributed by atoms with Gasteiger partial charge < -0.3 is 14.6 Å². The standard InChI is InChI=1S/C64H110O5/c1-3-5-7-9-11-13-15-17-19-21-23-25-27-28-29-30-31-32-33-34-35-36-37-39-41-43-45-47-49-51-53-55-57-59-64(67)69-62(60-65)61-68-63(66)58-56-54-52-50-48-46-44-42-40-38-26-24-22-20-18-16-14-12-10-8-6-4-2/h5,7,11,13,17,19,23,25,28-29,31-32,34-35,37,39,62,65H,3-4,6,8-10,12,14-16,18,20-22,24,26-27,30,33,36,38,40-61H2,1-2H3/b7-5-,13-11-,19-17-,25-23-,29-28-,32-31-,35-34-,39-37-. The van der Waals surface area contributed by atoms with E-state index in [1.165, 1.54) is 154 Å². The predicted molar refractivity (Wildman–Crippen MR) is 302 cm³/mol. The van der Waals surface area contributed by atoms with Crippen molar-refractivity contribution in [2.24, 2.45) is 0 Å². The molecule has 5 nitrogen and oxygen atoms in total. The third-order valence-corrected chi connectivity index (χ3v) is 12.6. The maximum Gasteiger partial charge on any atom is 0.306 e. The molecular formula is C64H110O5. The molecule has 0 saturated heterocycles. The van der Waals surface area contributed by atoms with Gasteiger partial charge in [-0.15, -0.1) is 0 Å². The molecule has 1 N–H and O–H groups in total. The Bertz CT molecular complexity index is 1310. The summed E-state index contributed by atoms with van der Waals surface area (Å²) in [5.41, 5.74) is 0. The molecule has 69 heavy (non-hydrogen) atoms. The van der Waals surface area contributed by atoms with Gasteiger partial charge in [0.05, 0.1) is 6.61 Å². The zero-order valence-corrected chi connectivity index (χ0v) is 45.3. The van der Waals surface area contributed by atoms with Crippen molar-refractivity contribution in [2.45, 2.75) is 283 Å². The molecule has 5 heteroatoms. The van der Waals surface area contributed by atoms with Crippen molar-refractivity contribution in [3.63, 3.8) is 0 Å². The van der Waals surface area contributed by atoms with Crippen molar-refractivity contribution in [1.29, 1.82) is 0 Å². The van der Waals surface area contributed by atoms with E-state index in [0.29, 0.717) is 12.8 Å². The molecule has 0 bridgehead atoms. The van der Waals surface area contributed by atoms with Crippen molar-refractivity contribution in [2.75, 3.05) is 13.2 Å². The van der Waals surface area contributed by atoms with Gasteiger partial charge in [0, 0.05) is 12.8 Å². The third kappa shape index (κ3) is 57.3. The molecule has 0 heterocycles. The highest BCUT2D eigenvalue weighted by atomic mass is 16.6. The molecule has 0 aliphatic carbocycles. The zero-order chi connectivity index (χ0) is 49.9. The molecule has 0 radical (unpaired) electrons. The van der Waals surface area contributed by atoms with Gasteiger partial charge >= 0.3 is 11.9 Å². The summed E-state index contributed by atoms with van der Waals surface area (Å²) in [6.07, 6.45) is 83.8. The minimum atomic E-state index is -0.781. The van der Waals surface area contributed by atoms with Crippen LogP contribution in [0.15, 0.2) is 97.2 Å². The Balaban J connectivity index is 3.55. The van der Waals surface area contributed by atoms with Gasteiger partial charge in [0.2, 0.25) is 0 Å². The molecule has 1 atom stereocenters. The lowest BCUT2D eigenvalue weighted by Gasteiger charge is -2.15. The van der Waals surface area contributed by atoms with E-state index in [4.69, 9.17) is 9.47 Å². The lowest BCUT2D eigenvalue weighted by Crippen LogP contribution is -2.28. The summed E-state index contributed by atoms with van der Waals surface area (Å²) in [5, 5.41) is 9.66. The Morgan fingerprint density at radius 1 is 0.348 bits per heavy atom. The number of aliphatic hydroxyl groups excluding tert-OH is 1. The number of hydrogen-bond acceptors (Lipinski definition) is 5. The number of carbonyl (C=O) groups excluding carboxylic acids is 2. The van der Waals surface area contributed by atoms with Crippen molar-refractivity contribution in [1.82, 2.24) is 0 Å². The number of esters is 2. The number of hydrogen-bond donors (Lipinski definition) is 1. The molecule has 0 fully saturated rings. The fraction of sp³-hybridized carbons (Fsp3) is 0.719. The van der Waals surface area contributed by atoms with Crippen LogP contribution in [0.2, 0.25) is 0 Å². The van der Waals surface area contributed by atoms with Crippen LogP contribution in [0.5, 0.6) is 0 Å². The Morgan fingerprint density at radius 3 is 0.942 bits per heavy atom. The molecule has 0 aliphatic rings. The lowest BCUT2D eigenvalue weighted by atomic mass is 10.0. The highest BCUT2D eigenvalue weighted by Gasteiger charge is 2.16. The van der Waals surface area contributed by atoms with Gasteiger partial charge in [-0.3, -0.25) is 9.59 Å². The SMILES string of the molecule is CC/C=C\C/C=C\C/C=C\C/C=C\C/C=C\C/C=C\C/C=C\C/C=C\CCCCCCCCCCC(=O)OC(CO)COC(=O)CCCCCCCCCCCCCCCCCCCCCCCC. The molecule has 0 aromatic rings. The van der Waals surface area contributed by atoms with Gasteiger partial charge in [0.25, 0.3) is 0 Å². The first kappa shape index (κ1) is 65.8. The highest BCUT2D eigenvalue weighted by Crippen LogP contribution is 2.16. The van der Waals surface area contributed by atoms with E-state index in [2.05, 4.69) is 111 Å². The van der Waals surface area contributed by atoms with E-state index in [9.17, 15) is 14.7 Å². The van der Waals surface area contributed by atoms with Crippen LogP contribution in [0.4, 0.5) is 0 Å². The highest BCUT2D eigenvalue weighted by molar-refractivity contribution is 5.70. The lowest BCUT2D eigenvalue weighted by molar-refractivity contribution is -0.161. The first-order valence-electron chi connectivity index (χ1n) is 29.3. The van der Waals surface area contributed by atoms with Crippen LogP contribution in [0.25, 0.3) is 0 Å². The monoisotopic (exact) mass is 959 g/mol. The van der Waals surface area contributed by atoms with Crippen LogP contribution >= 0.6 is 0 Å². The van der Waals surface area contributed by atoms with E-state index in [1.807, 2.05) is 0 Å². The number of aliphatic hydroxyl groups is 1. The fourth-order valence-electron chi connectivity index (χ4n) is 8.28. The minimum absolute atomic E-state index is 0.0705. The second kappa shape index (κ2) is 59.1. The number of rotatable bonds is 53. The van der Waals surface area contributed by atoms with E-state index in [0.717, 1.165) is 96.3 Å². The average Bonchev–Trinajstić information content (AvgIpc) is 3.35. The van der Waals surface area contributed by atoms with Crippen LogP contribution in [-0.4, -0.2) is 36.4 Å². The van der Waals surface area contributed by atoms with E-state index in [1.54, 1.807) is 0 Å². The number of unbranched alkanes of at least 4 members (excludes halogenated alkanes) is 29. The predicted octanol–water partition coefficient (Wildman–Crippen LogP) is 19.9. The quantitative estimate of drug-likeness (QED) is 0.0374. The van der Waals surface area contributed by atoms with Crippen LogP contribution < -0.4 is 0 Å². The number of carbonyl (C=O) groups is 2.